The standard InChI is InChI=1S/C23H23ClF3N3O5S2/c24-18-11-10-14(12-20(18)36(32,33)29-15-6-2-1-3-7-15)22-17(16-8-4-5-9-19(16)28-22)13-21(31)30-37(34,35)23(25,26)27/h4-5,8-12,15,28-29H,1-3,6-7,13H2,(H,30,31). The van der Waals surface area contributed by atoms with Crippen LogP contribution in [0.1, 0.15) is 37.7 Å². The van der Waals surface area contributed by atoms with Crippen molar-refractivity contribution in [2.45, 2.75) is 55.0 Å². The first-order valence-electron chi connectivity index (χ1n) is 11.3. The van der Waals surface area contributed by atoms with Crippen LogP contribution in [0.5, 0.6) is 0 Å². The lowest BCUT2D eigenvalue weighted by Gasteiger charge is -2.23. The van der Waals surface area contributed by atoms with Crippen LogP contribution in [0.15, 0.2) is 47.4 Å². The largest absolute Gasteiger partial charge is 0.516 e. The summed E-state index contributed by atoms with van der Waals surface area (Å²) in [4.78, 5) is 15.2. The van der Waals surface area contributed by atoms with Crippen molar-refractivity contribution in [2.75, 3.05) is 0 Å². The fraction of sp³-hybridized carbons (Fsp3) is 0.348. The van der Waals surface area contributed by atoms with Gasteiger partial charge in [0.05, 0.1) is 17.1 Å². The van der Waals surface area contributed by atoms with E-state index in [0.717, 1.165) is 24.0 Å². The number of aromatic amines is 1. The zero-order valence-electron chi connectivity index (χ0n) is 19.2. The highest BCUT2D eigenvalue weighted by atomic mass is 35.5. The minimum atomic E-state index is -5.89. The van der Waals surface area contributed by atoms with E-state index in [1.165, 1.54) is 18.2 Å². The Labute approximate surface area is 216 Å². The van der Waals surface area contributed by atoms with Gasteiger partial charge in [-0.15, -0.1) is 0 Å². The van der Waals surface area contributed by atoms with Crippen molar-refractivity contribution >= 4 is 48.5 Å². The van der Waals surface area contributed by atoms with Gasteiger partial charge in [0.25, 0.3) is 0 Å². The molecule has 0 unspecified atom stereocenters. The predicted molar refractivity (Wildman–Crippen MR) is 133 cm³/mol. The number of sulfonamides is 2. The predicted octanol–water partition coefficient (Wildman–Crippen LogP) is 4.61. The number of nitrogens with one attached hydrogen (secondary N) is 3. The van der Waals surface area contributed by atoms with Crippen LogP contribution in [0, 0.1) is 0 Å². The molecule has 1 aliphatic rings. The summed E-state index contributed by atoms with van der Waals surface area (Å²) >= 11 is 6.24. The molecule has 200 valence electrons. The molecule has 0 aliphatic heterocycles. The number of amides is 1. The molecule has 1 saturated carbocycles. The summed E-state index contributed by atoms with van der Waals surface area (Å²) in [6, 6.07) is 10.6. The average Bonchev–Trinajstić information content (AvgIpc) is 3.17. The van der Waals surface area contributed by atoms with Gasteiger partial charge in [-0.1, -0.05) is 55.1 Å². The molecule has 1 heterocycles. The fourth-order valence-electron chi connectivity index (χ4n) is 4.40. The molecule has 2 aromatic carbocycles. The van der Waals surface area contributed by atoms with Gasteiger partial charge in [0.15, 0.2) is 0 Å². The maximum Gasteiger partial charge on any atom is 0.516 e. The third kappa shape index (κ3) is 5.95. The van der Waals surface area contributed by atoms with Crippen molar-refractivity contribution < 1.29 is 34.8 Å². The molecule has 1 fully saturated rings. The minimum absolute atomic E-state index is 0.0289. The van der Waals surface area contributed by atoms with Crippen LogP contribution >= 0.6 is 11.6 Å². The highest BCUT2D eigenvalue weighted by molar-refractivity contribution is 7.91. The molecule has 3 aromatic rings. The van der Waals surface area contributed by atoms with E-state index in [4.69, 9.17) is 11.6 Å². The molecule has 4 rings (SSSR count). The number of carbonyl (C=O) groups is 1. The number of para-hydroxylation sites is 1. The first kappa shape index (κ1) is 27.4. The summed E-state index contributed by atoms with van der Waals surface area (Å²) < 4.78 is 91.1. The van der Waals surface area contributed by atoms with Gasteiger partial charge in [0, 0.05) is 16.9 Å². The summed E-state index contributed by atoms with van der Waals surface area (Å²) in [5.74, 6) is -1.40. The molecule has 0 radical (unpaired) electrons. The Hall–Kier alpha value is -2.61. The lowest BCUT2D eigenvalue weighted by molar-refractivity contribution is -0.119. The van der Waals surface area contributed by atoms with Gasteiger partial charge in [-0.2, -0.15) is 21.6 Å². The molecular formula is C23H23ClF3N3O5S2. The lowest BCUT2D eigenvalue weighted by Crippen LogP contribution is -2.40. The van der Waals surface area contributed by atoms with E-state index in [2.05, 4.69) is 9.71 Å². The number of halogens is 4. The Bertz CT molecular complexity index is 1550. The highest BCUT2D eigenvalue weighted by Gasteiger charge is 2.47. The Morgan fingerprint density at radius 1 is 1.03 bits per heavy atom. The van der Waals surface area contributed by atoms with Crippen LogP contribution in [0.2, 0.25) is 5.02 Å². The number of aromatic nitrogens is 1. The van der Waals surface area contributed by atoms with Crippen LogP contribution in [0.4, 0.5) is 13.2 Å². The number of hydrogen-bond acceptors (Lipinski definition) is 5. The Balaban J connectivity index is 1.73. The number of hydrogen-bond donors (Lipinski definition) is 3. The van der Waals surface area contributed by atoms with E-state index < -0.39 is 37.9 Å². The molecule has 14 heteroatoms. The quantitative estimate of drug-likeness (QED) is 0.378. The van der Waals surface area contributed by atoms with Crippen molar-refractivity contribution in [3.8, 4) is 11.3 Å². The molecule has 0 atom stereocenters. The monoisotopic (exact) mass is 577 g/mol. The van der Waals surface area contributed by atoms with E-state index in [9.17, 15) is 34.8 Å². The number of carbonyl (C=O) groups excluding carboxylic acids is 1. The summed E-state index contributed by atoms with van der Waals surface area (Å²) in [6.45, 7) is 0. The zero-order valence-corrected chi connectivity index (χ0v) is 21.6. The second-order valence-corrected chi connectivity index (χ2v) is 12.5. The highest BCUT2D eigenvalue weighted by Crippen LogP contribution is 2.34. The number of alkyl halides is 3. The van der Waals surface area contributed by atoms with Crippen LogP contribution in [-0.4, -0.2) is 39.3 Å². The van der Waals surface area contributed by atoms with Crippen molar-refractivity contribution in [3.63, 3.8) is 0 Å². The van der Waals surface area contributed by atoms with Gasteiger partial charge in [-0.25, -0.2) is 17.9 Å². The van der Waals surface area contributed by atoms with Gasteiger partial charge >= 0.3 is 15.5 Å². The third-order valence-corrected chi connectivity index (χ3v) is 9.25. The average molecular weight is 578 g/mol. The molecule has 1 aromatic heterocycles. The summed E-state index contributed by atoms with van der Waals surface area (Å²) in [5.41, 5.74) is -4.41. The number of fused-ring (bicyclic) bond motifs is 1. The second-order valence-electron chi connectivity index (χ2n) is 8.78. The van der Waals surface area contributed by atoms with Gasteiger partial charge in [-0.3, -0.25) is 4.79 Å². The van der Waals surface area contributed by atoms with E-state index in [1.54, 1.807) is 24.3 Å². The van der Waals surface area contributed by atoms with Crippen molar-refractivity contribution in [1.29, 1.82) is 0 Å². The normalized spacial score (nSPS) is 15.7. The van der Waals surface area contributed by atoms with Gasteiger partial charge in [0.1, 0.15) is 4.90 Å². The SMILES string of the molecule is O=C(Cc1c(-c2ccc(Cl)c(S(=O)(=O)NC3CCCCC3)c2)[nH]c2ccccc12)NS(=O)(=O)C(F)(F)F. The lowest BCUT2D eigenvalue weighted by atomic mass is 9.96. The van der Waals surface area contributed by atoms with Crippen LogP contribution < -0.4 is 9.44 Å². The van der Waals surface area contributed by atoms with E-state index in [1.807, 2.05) is 0 Å². The van der Waals surface area contributed by atoms with E-state index >= 15 is 0 Å². The van der Waals surface area contributed by atoms with Crippen LogP contribution in [-0.2, 0) is 31.3 Å². The van der Waals surface area contributed by atoms with Crippen LogP contribution in [0.3, 0.4) is 0 Å². The smallest absolute Gasteiger partial charge is 0.354 e. The van der Waals surface area contributed by atoms with Gasteiger partial charge < -0.3 is 4.98 Å². The van der Waals surface area contributed by atoms with Crippen LogP contribution in [0.25, 0.3) is 22.2 Å². The Kier molecular flexibility index (Phi) is 7.62. The van der Waals surface area contributed by atoms with Crippen molar-refractivity contribution in [2.24, 2.45) is 0 Å². The molecule has 1 amide bonds. The summed E-state index contributed by atoms with van der Waals surface area (Å²) in [6.07, 6.45) is 3.55. The van der Waals surface area contributed by atoms with Gasteiger partial charge in [-0.05, 0) is 42.2 Å². The Morgan fingerprint density at radius 3 is 2.38 bits per heavy atom. The first-order chi connectivity index (χ1) is 17.3. The topological polar surface area (TPSA) is 125 Å². The molecule has 1 aliphatic carbocycles. The Morgan fingerprint density at radius 2 is 1.70 bits per heavy atom. The maximum atomic E-state index is 13.1. The summed E-state index contributed by atoms with van der Waals surface area (Å²) in [7, 11) is -9.90. The fourth-order valence-corrected chi connectivity index (χ4v) is 6.72. The van der Waals surface area contributed by atoms with E-state index in [0.29, 0.717) is 29.3 Å². The molecule has 8 nitrogen and oxygen atoms in total. The number of benzene rings is 2. The second kappa shape index (κ2) is 10.3. The number of H-pyrrole nitrogens is 1. The van der Waals surface area contributed by atoms with E-state index in [-0.39, 0.29) is 27.2 Å². The molecular weight excluding hydrogens is 555 g/mol. The number of rotatable bonds is 7. The molecule has 3 N–H and O–H groups in total. The molecule has 0 saturated heterocycles. The molecule has 0 spiro atoms. The first-order valence-corrected chi connectivity index (χ1v) is 14.7. The van der Waals surface area contributed by atoms with Gasteiger partial charge in [0.2, 0.25) is 15.9 Å². The van der Waals surface area contributed by atoms with Crippen molar-refractivity contribution in [3.05, 3.63) is 53.1 Å². The minimum Gasteiger partial charge on any atom is -0.354 e. The maximum absolute atomic E-state index is 13.1. The zero-order chi connectivity index (χ0) is 27.0. The summed E-state index contributed by atoms with van der Waals surface area (Å²) in [5, 5.41) is 0.426. The molecule has 0 bridgehead atoms. The third-order valence-electron chi connectivity index (χ3n) is 6.14. The van der Waals surface area contributed by atoms with Crippen molar-refractivity contribution in [1.82, 2.24) is 14.4 Å². The molecule has 37 heavy (non-hydrogen) atoms.